The monoisotopic (exact) mass is 380 g/mol. The molecule has 2 fully saturated rings. The average Bonchev–Trinajstić information content (AvgIpc) is 3.46. The Labute approximate surface area is 163 Å². The summed E-state index contributed by atoms with van der Waals surface area (Å²) in [6, 6.07) is 6.44. The predicted molar refractivity (Wildman–Crippen MR) is 110 cm³/mol. The Morgan fingerprint density at radius 1 is 0.963 bits per heavy atom. The zero-order chi connectivity index (χ0) is 18.4. The molecule has 4 heterocycles. The molecule has 0 radical (unpaired) electrons. The first-order valence-corrected chi connectivity index (χ1v) is 10.8. The van der Waals surface area contributed by atoms with Gasteiger partial charge in [-0.3, -0.25) is 0 Å². The van der Waals surface area contributed by atoms with Gasteiger partial charge in [0, 0.05) is 56.3 Å². The lowest BCUT2D eigenvalue weighted by Crippen LogP contribution is -2.47. The van der Waals surface area contributed by atoms with Crippen LogP contribution in [0.25, 0.3) is 5.65 Å². The van der Waals surface area contributed by atoms with E-state index in [4.69, 9.17) is 4.98 Å². The maximum Gasteiger partial charge on any atom is 0.189 e. The number of anilines is 2. The summed E-state index contributed by atoms with van der Waals surface area (Å²) in [5, 5.41) is 0.851. The second kappa shape index (κ2) is 6.71. The Balaban J connectivity index is 1.31. The van der Waals surface area contributed by atoms with Gasteiger partial charge >= 0.3 is 0 Å². The highest BCUT2D eigenvalue weighted by atomic mass is 32.2. The third-order valence-electron chi connectivity index (χ3n) is 5.42. The van der Waals surface area contributed by atoms with E-state index in [1.807, 2.05) is 13.2 Å². The maximum absolute atomic E-state index is 4.76. The molecule has 0 N–H and O–H groups in total. The molecule has 7 heteroatoms. The van der Waals surface area contributed by atoms with E-state index in [0.29, 0.717) is 5.92 Å². The number of piperazine rings is 1. The molecule has 0 amide bonds. The van der Waals surface area contributed by atoms with E-state index in [2.05, 4.69) is 54.8 Å². The van der Waals surface area contributed by atoms with Gasteiger partial charge in [0.15, 0.2) is 5.16 Å². The standard InChI is InChI=1S/C20H24N6S/c1-14-11-19(23-20(21-14)27-2)25-9-7-24(8-10-25)16-5-6-18-22-17(15-3-4-15)13-26(18)12-16/h5-6,11-13,15H,3-4,7-10H2,1-2H3. The molecular weight excluding hydrogens is 356 g/mol. The van der Waals surface area contributed by atoms with Crippen molar-refractivity contribution in [2.45, 2.75) is 30.8 Å². The number of rotatable bonds is 4. The molecule has 27 heavy (non-hydrogen) atoms. The molecular formula is C20H24N6S. The topological polar surface area (TPSA) is 49.6 Å². The SMILES string of the molecule is CSc1nc(C)cc(N2CCN(c3ccc4nc(C5CC5)cn4c3)CC2)n1. The van der Waals surface area contributed by atoms with Crippen LogP contribution in [0.15, 0.2) is 35.7 Å². The van der Waals surface area contributed by atoms with Gasteiger partial charge in [-0.25, -0.2) is 15.0 Å². The first-order valence-electron chi connectivity index (χ1n) is 9.58. The van der Waals surface area contributed by atoms with E-state index in [1.54, 1.807) is 11.8 Å². The van der Waals surface area contributed by atoms with E-state index in [-0.39, 0.29) is 0 Å². The summed E-state index contributed by atoms with van der Waals surface area (Å²) in [6.45, 7) is 5.97. The van der Waals surface area contributed by atoms with Crippen molar-refractivity contribution in [1.29, 1.82) is 0 Å². The number of hydrogen-bond acceptors (Lipinski definition) is 6. The fourth-order valence-electron chi connectivity index (χ4n) is 3.73. The van der Waals surface area contributed by atoms with Crippen molar-refractivity contribution >= 4 is 28.9 Å². The van der Waals surface area contributed by atoms with Gasteiger partial charge in [-0.15, -0.1) is 0 Å². The van der Waals surface area contributed by atoms with Gasteiger partial charge < -0.3 is 14.2 Å². The van der Waals surface area contributed by atoms with Crippen molar-refractivity contribution < 1.29 is 0 Å². The molecule has 0 spiro atoms. The summed E-state index contributed by atoms with van der Waals surface area (Å²) in [6.07, 6.45) is 9.04. The van der Waals surface area contributed by atoms with Crippen molar-refractivity contribution in [3.63, 3.8) is 0 Å². The first kappa shape index (κ1) is 16.9. The van der Waals surface area contributed by atoms with Crippen LogP contribution >= 0.6 is 11.8 Å². The molecule has 1 saturated carbocycles. The summed E-state index contributed by atoms with van der Waals surface area (Å²) >= 11 is 1.60. The molecule has 0 bridgehead atoms. The van der Waals surface area contributed by atoms with E-state index in [9.17, 15) is 0 Å². The minimum Gasteiger partial charge on any atom is -0.367 e. The van der Waals surface area contributed by atoms with Gasteiger partial charge in [0.2, 0.25) is 0 Å². The number of aromatic nitrogens is 4. The van der Waals surface area contributed by atoms with E-state index in [1.165, 1.54) is 24.2 Å². The fourth-order valence-corrected chi connectivity index (χ4v) is 4.15. The normalized spacial score (nSPS) is 17.7. The molecule has 3 aromatic rings. The third-order valence-corrected chi connectivity index (χ3v) is 5.97. The average molecular weight is 381 g/mol. The summed E-state index contributed by atoms with van der Waals surface area (Å²) in [5.41, 5.74) is 4.61. The molecule has 1 aliphatic heterocycles. The number of thioether (sulfide) groups is 1. The second-order valence-corrected chi connectivity index (χ2v) is 8.19. The van der Waals surface area contributed by atoms with Crippen molar-refractivity contribution in [2.24, 2.45) is 0 Å². The summed E-state index contributed by atoms with van der Waals surface area (Å²) in [7, 11) is 0. The van der Waals surface area contributed by atoms with Crippen LogP contribution in [0.3, 0.4) is 0 Å². The smallest absolute Gasteiger partial charge is 0.189 e. The molecule has 0 unspecified atom stereocenters. The summed E-state index contributed by atoms with van der Waals surface area (Å²) in [4.78, 5) is 18.7. The highest BCUT2D eigenvalue weighted by Gasteiger charge is 2.26. The van der Waals surface area contributed by atoms with Crippen LogP contribution in [0.5, 0.6) is 0 Å². The number of aryl methyl sites for hydroxylation is 1. The minimum atomic E-state index is 0.694. The van der Waals surface area contributed by atoms with Crippen LogP contribution in [0, 0.1) is 6.92 Å². The van der Waals surface area contributed by atoms with Crippen molar-refractivity contribution in [3.05, 3.63) is 42.0 Å². The first-order chi connectivity index (χ1) is 13.2. The van der Waals surface area contributed by atoms with Gasteiger partial charge in [-0.2, -0.15) is 0 Å². The molecule has 1 saturated heterocycles. The highest BCUT2D eigenvalue weighted by molar-refractivity contribution is 7.98. The van der Waals surface area contributed by atoms with Crippen molar-refractivity contribution in [2.75, 3.05) is 42.2 Å². The Hall–Kier alpha value is -2.28. The summed E-state index contributed by atoms with van der Waals surface area (Å²) in [5.74, 6) is 1.74. The van der Waals surface area contributed by atoms with E-state index in [0.717, 1.165) is 48.5 Å². The van der Waals surface area contributed by atoms with Crippen LogP contribution in [-0.4, -0.2) is 51.8 Å². The molecule has 0 aromatic carbocycles. The Kier molecular flexibility index (Phi) is 4.19. The Morgan fingerprint density at radius 2 is 1.74 bits per heavy atom. The Bertz CT molecular complexity index is 972. The molecule has 6 nitrogen and oxygen atoms in total. The highest BCUT2D eigenvalue weighted by Crippen LogP contribution is 2.39. The Morgan fingerprint density at radius 3 is 2.48 bits per heavy atom. The minimum absolute atomic E-state index is 0.694. The predicted octanol–water partition coefficient (Wildman–Crippen LogP) is 3.36. The molecule has 0 atom stereocenters. The number of pyridine rings is 1. The molecule has 5 rings (SSSR count). The van der Waals surface area contributed by atoms with Crippen LogP contribution in [0.1, 0.15) is 30.1 Å². The number of nitrogens with zero attached hydrogens (tertiary/aromatic N) is 6. The van der Waals surface area contributed by atoms with Gasteiger partial charge in [-0.1, -0.05) is 11.8 Å². The molecule has 3 aromatic heterocycles. The van der Waals surface area contributed by atoms with Gasteiger partial charge in [-0.05, 0) is 38.2 Å². The van der Waals surface area contributed by atoms with Crippen LogP contribution in [0.4, 0.5) is 11.5 Å². The van der Waals surface area contributed by atoms with Crippen LogP contribution < -0.4 is 9.80 Å². The molecule has 140 valence electrons. The van der Waals surface area contributed by atoms with Crippen molar-refractivity contribution in [1.82, 2.24) is 19.4 Å². The van der Waals surface area contributed by atoms with Crippen LogP contribution in [-0.2, 0) is 0 Å². The van der Waals surface area contributed by atoms with Crippen molar-refractivity contribution in [3.8, 4) is 0 Å². The molecule has 2 aliphatic rings. The fraction of sp³-hybridized carbons (Fsp3) is 0.450. The maximum atomic E-state index is 4.76. The quantitative estimate of drug-likeness (QED) is 0.511. The van der Waals surface area contributed by atoms with Gasteiger partial charge in [0.25, 0.3) is 0 Å². The zero-order valence-corrected chi connectivity index (χ0v) is 16.6. The van der Waals surface area contributed by atoms with E-state index >= 15 is 0 Å². The van der Waals surface area contributed by atoms with Gasteiger partial charge in [0.1, 0.15) is 11.5 Å². The zero-order valence-electron chi connectivity index (χ0n) is 15.8. The number of hydrogen-bond donors (Lipinski definition) is 0. The molecule has 1 aliphatic carbocycles. The number of fused-ring (bicyclic) bond motifs is 1. The largest absolute Gasteiger partial charge is 0.367 e. The third kappa shape index (κ3) is 3.36. The number of imidazole rings is 1. The summed E-state index contributed by atoms with van der Waals surface area (Å²) < 4.78 is 2.19. The van der Waals surface area contributed by atoms with Gasteiger partial charge in [0.05, 0.1) is 11.4 Å². The van der Waals surface area contributed by atoms with E-state index < -0.39 is 0 Å². The lowest BCUT2D eigenvalue weighted by atomic mass is 10.2. The van der Waals surface area contributed by atoms with Crippen LogP contribution in [0.2, 0.25) is 0 Å². The second-order valence-electron chi connectivity index (χ2n) is 7.42. The lowest BCUT2D eigenvalue weighted by Gasteiger charge is -2.36. The lowest BCUT2D eigenvalue weighted by molar-refractivity contribution is 0.641.